The lowest BCUT2D eigenvalue weighted by atomic mass is 9.91. The summed E-state index contributed by atoms with van der Waals surface area (Å²) in [4.78, 5) is 19.7. The first-order valence-electron chi connectivity index (χ1n) is 9.26. The fourth-order valence-corrected chi connectivity index (χ4v) is 3.95. The topological polar surface area (TPSA) is 36.0 Å². The molecule has 0 aromatic heterocycles. The lowest BCUT2D eigenvalue weighted by molar-refractivity contribution is -0.135. The number of amides is 1. The Kier molecular flexibility index (Phi) is 5.29. The second-order valence-corrected chi connectivity index (χ2v) is 8.61. The van der Waals surface area contributed by atoms with Crippen LogP contribution in [0.2, 0.25) is 0 Å². The van der Waals surface area contributed by atoms with Gasteiger partial charge in [-0.2, -0.15) is 0 Å². The zero-order chi connectivity index (χ0) is 16.4. The highest BCUT2D eigenvalue weighted by atomic mass is 16.5. The summed E-state index contributed by atoms with van der Waals surface area (Å²) in [5, 5.41) is 0. The van der Waals surface area contributed by atoms with E-state index in [-0.39, 0.29) is 5.41 Å². The van der Waals surface area contributed by atoms with Crippen LogP contribution in [0.1, 0.15) is 40.0 Å². The van der Waals surface area contributed by atoms with Crippen molar-refractivity contribution < 1.29 is 9.53 Å². The van der Waals surface area contributed by atoms with Crippen LogP contribution in [0.25, 0.3) is 0 Å². The molecule has 0 aliphatic carbocycles. The highest BCUT2D eigenvalue weighted by Gasteiger charge is 2.33. The maximum absolute atomic E-state index is 12.3. The maximum Gasteiger partial charge on any atom is 0.223 e. The van der Waals surface area contributed by atoms with Gasteiger partial charge in [-0.15, -0.1) is 0 Å². The highest BCUT2D eigenvalue weighted by molar-refractivity contribution is 5.76. The molecule has 3 saturated heterocycles. The SMILES string of the molecule is CC(C)(C)CC(=O)N1CCC(N2CCN(C3COC3)CC2)CC1. The summed E-state index contributed by atoms with van der Waals surface area (Å²) in [7, 11) is 0. The van der Waals surface area contributed by atoms with Crippen molar-refractivity contribution in [2.75, 3.05) is 52.5 Å². The van der Waals surface area contributed by atoms with Crippen LogP contribution in [0.15, 0.2) is 0 Å². The van der Waals surface area contributed by atoms with Crippen LogP contribution in [-0.4, -0.2) is 85.2 Å². The lowest BCUT2D eigenvalue weighted by Gasteiger charge is -2.46. The molecule has 0 unspecified atom stereocenters. The zero-order valence-electron chi connectivity index (χ0n) is 15.1. The van der Waals surface area contributed by atoms with E-state index in [0.29, 0.717) is 24.4 Å². The molecule has 0 bridgehead atoms. The average molecular weight is 323 g/mol. The third-order valence-electron chi connectivity index (χ3n) is 5.50. The number of hydrogen-bond acceptors (Lipinski definition) is 4. The summed E-state index contributed by atoms with van der Waals surface area (Å²) in [5.41, 5.74) is 0.0928. The molecular weight excluding hydrogens is 290 g/mol. The molecule has 3 aliphatic heterocycles. The van der Waals surface area contributed by atoms with Gasteiger partial charge in [0.2, 0.25) is 5.91 Å². The Hall–Kier alpha value is -0.650. The molecule has 0 saturated carbocycles. The molecule has 5 heteroatoms. The number of hydrogen-bond donors (Lipinski definition) is 0. The number of ether oxygens (including phenoxy) is 1. The third kappa shape index (κ3) is 4.46. The van der Waals surface area contributed by atoms with Gasteiger partial charge < -0.3 is 9.64 Å². The smallest absolute Gasteiger partial charge is 0.223 e. The Morgan fingerprint density at radius 2 is 1.43 bits per heavy atom. The predicted molar refractivity (Wildman–Crippen MR) is 91.4 cm³/mol. The lowest BCUT2D eigenvalue weighted by Crippen LogP contribution is -2.59. The number of piperazine rings is 1. The van der Waals surface area contributed by atoms with Gasteiger partial charge in [0.15, 0.2) is 0 Å². The zero-order valence-corrected chi connectivity index (χ0v) is 15.1. The minimum atomic E-state index is 0.0928. The van der Waals surface area contributed by atoms with Gasteiger partial charge in [0.1, 0.15) is 0 Å². The summed E-state index contributed by atoms with van der Waals surface area (Å²) < 4.78 is 5.31. The molecule has 3 rings (SSSR count). The summed E-state index contributed by atoms with van der Waals surface area (Å²) >= 11 is 0. The average Bonchev–Trinajstić information content (AvgIpc) is 2.45. The molecule has 3 heterocycles. The van der Waals surface area contributed by atoms with Crippen molar-refractivity contribution in [2.24, 2.45) is 5.41 Å². The van der Waals surface area contributed by atoms with Gasteiger partial charge in [0, 0.05) is 51.7 Å². The van der Waals surface area contributed by atoms with Gasteiger partial charge in [-0.25, -0.2) is 0 Å². The van der Waals surface area contributed by atoms with Crippen molar-refractivity contribution in [3.63, 3.8) is 0 Å². The monoisotopic (exact) mass is 323 g/mol. The van der Waals surface area contributed by atoms with Crippen molar-refractivity contribution in [1.82, 2.24) is 14.7 Å². The van der Waals surface area contributed by atoms with Gasteiger partial charge >= 0.3 is 0 Å². The van der Waals surface area contributed by atoms with E-state index in [1.165, 1.54) is 26.2 Å². The van der Waals surface area contributed by atoms with E-state index in [9.17, 15) is 4.79 Å². The molecule has 0 aromatic rings. The number of carbonyl (C=O) groups is 1. The van der Waals surface area contributed by atoms with Crippen LogP contribution < -0.4 is 0 Å². The summed E-state index contributed by atoms with van der Waals surface area (Å²) in [6.45, 7) is 14.9. The molecule has 0 atom stereocenters. The standard InChI is InChI=1S/C18H33N3O2/c1-18(2,3)12-17(22)21-6-4-15(5-7-21)19-8-10-20(11-9-19)16-13-23-14-16/h15-16H,4-14H2,1-3H3. The Balaban J connectivity index is 1.40. The Morgan fingerprint density at radius 1 is 0.913 bits per heavy atom. The first kappa shape index (κ1) is 17.2. The van der Waals surface area contributed by atoms with Crippen LogP contribution in [-0.2, 0) is 9.53 Å². The Labute approximate surface area is 140 Å². The summed E-state index contributed by atoms with van der Waals surface area (Å²) in [6.07, 6.45) is 2.95. The van der Waals surface area contributed by atoms with Crippen LogP contribution in [0, 0.1) is 5.41 Å². The quantitative estimate of drug-likeness (QED) is 0.787. The first-order valence-corrected chi connectivity index (χ1v) is 9.26. The molecule has 0 radical (unpaired) electrons. The van der Waals surface area contributed by atoms with E-state index in [1.54, 1.807) is 0 Å². The number of rotatable bonds is 3. The Morgan fingerprint density at radius 3 is 1.87 bits per heavy atom. The van der Waals surface area contributed by atoms with Crippen LogP contribution in [0.5, 0.6) is 0 Å². The molecule has 0 aromatic carbocycles. The third-order valence-corrected chi connectivity index (χ3v) is 5.50. The first-order chi connectivity index (χ1) is 10.9. The number of likely N-dealkylation sites (tertiary alicyclic amines) is 1. The van der Waals surface area contributed by atoms with Gasteiger partial charge in [-0.3, -0.25) is 14.6 Å². The van der Waals surface area contributed by atoms with Gasteiger partial charge in [-0.05, 0) is 18.3 Å². The fourth-order valence-electron chi connectivity index (χ4n) is 3.95. The van der Waals surface area contributed by atoms with E-state index < -0.39 is 0 Å². The highest BCUT2D eigenvalue weighted by Crippen LogP contribution is 2.24. The molecule has 23 heavy (non-hydrogen) atoms. The number of nitrogens with zero attached hydrogens (tertiary/aromatic N) is 3. The molecule has 3 fully saturated rings. The predicted octanol–water partition coefficient (Wildman–Crippen LogP) is 1.43. The van der Waals surface area contributed by atoms with Crippen molar-refractivity contribution in [3.8, 4) is 0 Å². The maximum atomic E-state index is 12.3. The molecular formula is C18H33N3O2. The van der Waals surface area contributed by atoms with E-state index in [4.69, 9.17) is 4.74 Å². The normalized spacial score (nSPS) is 26.3. The number of carbonyl (C=O) groups excluding carboxylic acids is 1. The minimum Gasteiger partial charge on any atom is -0.378 e. The van der Waals surface area contributed by atoms with E-state index in [2.05, 4.69) is 35.5 Å². The number of piperidine rings is 1. The molecule has 132 valence electrons. The van der Waals surface area contributed by atoms with Crippen molar-refractivity contribution in [2.45, 2.75) is 52.1 Å². The summed E-state index contributed by atoms with van der Waals surface area (Å²) in [6, 6.07) is 1.35. The minimum absolute atomic E-state index is 0.0928. The second-order valence-electron chi connectivity index (χ2n) is 8.61. The fraction of sp³-hybridized carbons (Fsp3) is 0.944. The van der Waals surface area contributed by atoms with E-state index in [0.717, 1.165) is 39.1 Å². The molecule has 3 aliphatic rings. The molecule has 0 spiro atoms. The van der Waals surface area contributed by atoms with Crippen molar-refractivity contribution >= 4 is 5.91 Å². The van der Waals surface area contributed by atoms with Crippen LogP contribution >= 0.6 is 0 Å². The van der Waals surface area contributed by atoms with Gasteiger partial charge in [0.25, 0.3) is 0 Å². The Bertz CT molecular complexity index is 401. The van der Waals surface area contributed by atoms with E-state index in [1.807, 2.05) is 0 Å². The van der Waals surface area contributed by atoms with Gasteiger partial charge in [0.05, 0.1) is 19.3 Å². The molecule has 1 amide bonds. The van der Waals surface area contributed by atoms with Crippen LogP contribution in [0.4, 0.5) is 0 Å². The molecule has 0 N–H and O–H groups in total. The van der Waals surface area contributed by atoms with Crippen molar-refractivity contribution in [1.29, 1.82) is 0 Å². The molecule has 5 nitrogen and oxygen atoms in total. The van der Waals surface area contributed by atoms with Crippen LogP contribution in [0.3, 0.4) is 0 Å². The van der Waals surface area contributed by atoms with Crippen molar-refractivity contribution in [3.05, 3.63) is 0 Å². The van der Waals surface area contributed by atoms with E-state index >= 15 is 0 Å². The second kappa shape index (κ2) is 7.08. The largest absolute Gasteiger partial charge is 0.378 e. The summed E-state index contributed by atoms with van der Waals surface area (Å²) in [5.74, 6) is 0.339. The van der Waals surface area contributed by atoms with Gasteiger partial charge in [-0.1, -0.05) is 20.8 Å².